The Kier molecular flexibility index (Phi) is 9.61. The largest absolute Gasteiger partial charge is 1.00 e. The molecule has 4 heteroatoms. The molecule has 7 rings (SSSR count). The molecular formula is C34H37Cl2PTi. The molecule has 2 saturated carbocycles. The van der Waals surface area contributed by atoms with Crippen LogP contribution in [-0.4, -0.2) is 11.3 Å². The minimum Gasteiger partial charge on any atom is -1.00 e. The molecule has 3 aromatic rings. The molecular weight excluding hydrogens is 558 g/mol. The fourth-order valence-corrected chi connectivity index (χ4v) is 15.0. The molecule has 0 aliphatic heterocycles. The van der Waals surface area contributed by atoms with Crippen molar-refractivity contribution in [3.8, 4) is 11.1 Å². The van der Waals surface area contributed by atoms with E-state index in [1.54, 1.807) is 20.6 Å². The van der Waals surface area contributed by atoms with Gasteiger partial charge in [-0.2, -0.15) is 0 Å². The second-order valence-corrected chi connectivity index (χ2v) is 16.4. The molecule has 38 heavy (non-hydrogen) atoms. The van der Waals surface area contributed by atoms with Crippen LogP contribution in [0, 0.1) is 0 Å². The van der Waals surface area contributed by atoms with Crippen LogP contribution in [0.15, 0.2) is 72.0 Å². The van der Waals surface area contributed by atoms with Gasteiger partial charge in [0, 0.05) is 0 Å². The Hall–Kier alpha value is -0.876. The first kappa shape index (κ1) is 28.6. The molecule has 0 nitrogen and oxygen atoms in total. The molecule has 0 spiro atoms. The summed E-state index contributed by atoms with van der Waals surface area (Å²) >= 11 is -0.326. The summed E-state index contributed by atoms with van der Waals surface area (Å²) in [5.74, 6) is 0. The van der Waals surface area contributed by atoms with E-state index >= 15 is 0 Å². The normalized spacial score (nSPS) is 20.4. The van der Waals surface area contributed by atoms with Crippen LogP contribution in [0.5, 0.6) is 0 Å². The molecule has 0 bridgehead atoms. The summed E-state index contributed by atoms with van der Waals surface area (Å²) in [6.07, 6.45) is 18.7. The van der Waals surface area contributed by atoms with Gasteiger partial charge < -0.3 is 24.8 Å². The van der Waals surface area contributed by atoms with E-state index in [1.165, 1.54) is 80.9 Å². The first-order valence-corrected chi connectivity index (χ1v) is 17.6. The Bertz CT molecular complexity index is 1270. The van der Waals surface area contributed by atoms with Gasteiger partial charge in [0.2, 0.25) is 0 Å². The maximum absolute atomic E-state index is 2.73. The Morgan fingerprint density at radius 3 is 2.00 bits per heavy atom. The van der Waals surface area contributed by atoms with E-state index in [4.69, 9.17) is 0 Å². The number of benzene rings is 3. The van der Waals surface area contributed by atoms with E-state index in [-0.39, 0.29) is 51.9 Å². The van der Waals surface area contributed by atoms with Crippen molar-refractivity contribution in [1.82, 2.24) is 0 Å². The number of hydrogen-bond acceptors (Lipinski definition) is 0. The molecule has 3 aromatic carbocycles. The van der Waals surface area contributed by atoms with Crippen LogP contribution in [-0.2, 0) is 25.6 Å². The summed E-state index contributed by atoms with van der Waals surface area (Å²) in [4.78, 5) is 0. The standard InChI is InChI=1S/C21H28P.C13H9.2ClH.Ti/c1-3-11-19(12-4-1)22(20-13-5-2-6-14-20)21-15-17-9-7-8-10-18(17)16-21;1-3-7-12-10(5-1)9-11-6-2-4-8-13(11)12;;;/h7-10,15-16,19-20H,1-6,11-14H2;1-5,7-8H,9H2;2*1H;/q;;;;+2/p-2. The van der Waals surface area contributed by atoms with Gasteiger partial charge in [-0.3, -0.25) is 0 Å². The zero-order chi connectivity index (χ0) is 23.9. The van der Waals surface area contributed by atoms with Crippen molar-refractivity contribution in [2.24, 2.45) is 0 Å². The van der Waals surface area contributed by atoms with E-state index in [2.05, 4.69) is 72.8 Å². The molecule has 0 N–H and O–H groups in total. The molecule has 0 saturated heterocycles. The zero-order valence-electron chi connectivity index (χ0n) is 22.1. The summed E-state index contributed by atoms with van der Waals surface area (Å²) < 4.78 is 2.42. The number of hydrogen-bond donors (Lipinski definition) is 0. The monoisotopic (exact) mass is 594 g/mol. The molecule has 4 aliphatic rings. The fraction of sp³-hybridized carbons (Fsp3) is 0.412. The van der Waals surface area contributed by atoms with Crippen LogP contribution in [0.2, 0.25) is 0 Å². The van der Waals surface area contributed by atoms with Gasteiger partial charge in [-0.1, -0.05) is 0 Å². The summed E-state index contributed by atoms with van der Waals surface area (Å²) in [5.41, 5.74) is 11.4. The van der Waals surface area contributed by atoms with E-state index < -0.39 is 0 Å². The van der Waals surface area contributed by atoms with Gasteiger partial charge >= 0.3 is 229 Å². The van der Waals surface area contributed by atoms with Crippen LogP contribution in [0.1, 0.15) is 90.7 Å². The molecule has 0 amide bonds. The first-order chi connectivity index (χ1) is 17.9. The summed E-state index contributed by atoms with van der Waals surface area (Å²) in [7, 11) is -0.0401. The maximum Gasteiger partial charge on any atom is -1.00 e. The molecule has 1 unspecified atom stereocenters. The molecule has 2 fully saturated rings. The van der Waals surface area contributed by atoms with Crippen molar-refractivity contribution in [1.29, 1.82) is 0 Å². The van der Waals surface area contributed by atoms with Gasteiger partial charge in [-0.05, 0) is 0 Å². The minimum atomic E-state index is -0.326. The molecule has 4 aliphatic carbocycles. The van der Waals surface area contributed by atoms with E-state index in [0.717, 1.165) is 17.7 Å². The third-order valence-electron chi connectivity index (χ3n) is 9.29. The molecule has 0 aromatic heterocycles. The van der Waals surface area contributed by atoms with E-state index in [1.807, 2.05) is 5.31 Å². The average molecular weight is 595 g/mol. The number of allylic oxidation sites excluding steroid dienone is 1. The maximum atomic E-state index is 2.73. The van der Waals surface area contributed by atoms with Crippen molar-refractivity contribution in [3.63, 3.8) is 0 Å². The Balaban J connectivity index is 0.00000147. The smallest absolute Gasteiger partial charge is 1.00 e. The van der Waals surface area contributed by atoms with Crippen LogP contribution in [0.4, 0.5) is 0 Å². The second kappa shape index (κ2) is 12.7. The fourth-order valence-electron chi connectivity index (χ4n) is 7.57. The predicted molar refractivity (Wildman–Crippen MR) is 152 cm³/mol. The summed E-state index contributed by atoms with van der Waals surface area (Å²) in [5, 5.41) is 1.93. The molecule has 1 atom stereocenters. The summed E-state index contributed by atoms with van der Waals surface area (Å²) in [6, 6.07) is 25.9. The quantitative estimate of drug-likeness (QED) is 0.246. The van der Waals surface area contributed by atoms with Crippen molar-refractivity contribution in [3.05, 3.63) is 94.3 Å². The van der Waals surface area contributed by atoms with Gasteiger partial charge in [0.1, 0.15) is 0 Å². The Morgan fingerprint density at radius 1 is 0.632 bits per heavy atom. The van der Waals surface area contributed by atoms with Crippen molar-refractivity contribution in [2.75, 3.05) is 0 Å². The molecule has 0 radical (unpaired) electrons. The van der Waals surface area contributed by atoms with E-state index in [9.17, 15) is 0 Å². The third-order valence-corrected chi connectivity index (χ3v) is 15.9. The van der Waals surface area contributed by atoms with Gasteiger partial charge in [-0.15, -0.1) is 0 Å². The van der Waals surface area contributed by atoms with Crippen LogP contribution in [0.3, 0.4) is 0 Å². The third kappa shape index (κ3) is 5.39. The zero-order valence-corrected chi connectivity index (χ0v) is 26.1. The van der Waals surface area contributed by atoms with Crippen LogP contribution < -0.4 is 28.7 Å². The van der Waals surface area contributed by atoms with Crippen LogP contribution >= 0.6 is 7.92 Å². The second-order valence-electron chi connectivity index (χ2n) is 11.4. The van der Waals surface area contributed by atoms with Crippen molar-refractivity contribution < 1.29 is 44.0 Å². The Labute approximate surface area is 252 Å². The first-order valence-electron chi connectivity index (χ1n) is 14.4. The SMILES string of the molecule is C1=C(P(C2CCCCC2)C2CCCCC2)[CH]([Ti+2][c]2cccc3c2Cc2ccccc2-3)c2ccccc21.[Cl-].[Cl-]. The van der Waals surface area contributed by atoms with Crippen molar-refractivity contribution >= 4 is 17.9 Å². The van der Waals surface area contributed by atoms with Crippen LogP contribution in [0.25, 0.3) is 17.2 Å². The Morgan fingerprint density at radius 2 is 1.26 bits per heavy atom. The number of fused-ring (bicyclic) bond motifs is 4. The number of rotatable bonds is 5. The summed E-state index contributed by atoms with van der Waals surface area (Å²) in [6.45, 7) is 0. The topological polar surface area (TPSA) is 0 Å². The molecule has 196 valence electrons. The predicted octanol–water partition coefficient (Wildman–Crippen LogP) is 3.22. The number of halogens is 2. The minimum absolute atomic E-state index is 0. The van der Waals surface area contributed by atoms with Gasteiger partial charge in [0.25, 0.3) is 0 Å². The van der Waals surface area contributed by atoms with Crippen molar-refractivity contribution in [2.45, 2.75) is 86.2 Å². The van der Waals surface area contributed by atoms with Gasteiger partial charge in [0.15, 0.2) is 0 Å². The van der Waals surface area contributed by atoms with Gasteiger partial charge in [0.05, 0.1) is 0 Å². The van der Waals surface area contributed by atoms with E-state index in [0.29, 0.717) is 4.22 Å². The van der Waals surface area contributed by atoms with Gasteiger partial charge in [-0.25, -0.2) is 0 Å². The average Bonchev–Trinajstić information content (AvgIpc) is 3.49. The molecule has 0 heterocycles.